The quantitative estimate of drug-likeness (QED) is 0.231. The summed E-state index contributed by atoms with van der Waals surface area (Å²) in [5, 5.41) is 12.4. The Balaban J connectivity index is 1.80. The van der Waals surface area contributed by atoms with Crippen molar-refractivity contribution in [3.05, 3.63) is 87.4 Å². The molecule has 0 radical (unpaired) electrons. The van der Waals surface area contributed by atoms with Gasteiger partial charge in [0.25, 0.3) is 5.91 Å². The van der Waals surface area contributed by atoms with Crippen molar-refractivity contribution in [2.75, 3.05) is 18.5 Å². The molecule has 0 unspecified atom stereocenters. The summed E-state index contributed by atoms with van der Waals surface area (Å²) in [6.45, 7) is 7.20. The highest BCUT2D eigenvalue weighted by Crippen LogP contribution is 2.35. The number of aryl methyl sites for hydroxylation is 1. The number of anilines is 1. The Morgan fingerprint density at radius 2 is 1.63 bits per heavy atom. The molecule has 0 spiro atoms. The van der Waals surface area contributed by atoms with E-state index in [2.05, 4.69) is 21.2 Å². The second-order valence-corrected chi connectivity index (χ2v) is 8.46. The molecule has 180 valence electrons. The number of carbonyl (C=O) groups excluding carboxylic acids is 1. The second kappa shape index (κ2) is 12.6. The van der Waals surface area contributed by atoms with Crippen LogP contribution in [0.4, 0.5) is 5.69 Å². The molecule has 0 saturated heterocycles. The first-order valence-electron chi connectivity index (χ1n) is 11.2. The van der Waals surface area contributed by atoms with Gasteiger partial charge in [-0.05, 0) is 74.4 Å². The molecule has 6 nitrogen and oxygen atoms in total. The number of ether oxygens (including phenoxy) is 3. The van der Waals surface area contributed by atoms with Crippen molar-refractivity contribution >= 4 is 33.6 Å². The molecule has 0 aliphatic heterocycles. The molecule has 7 heteroatoms. The van der Waals surface area contributed by atoms with Crippen LogP contribution in [0.25, 0.3) is 6.08 Å². The minimum atomic E-state index is -0.513. The summed E-state index contributed by atoms with van der Waals surface area (Å²) in [6.07, 6.45) is 1.51. The Bertz CT molecular complexity index is 1230. The molecule has 0 fully saturated rings. The van der Waals surface area contributed by atoms with Crippen molar-refractivity contribution in [1.82, 2.24) is 0 Å². The number of nitriles is 1. The summed E-state index contributed by atoms with van der Waals surface area (Å²) in [5.41, 5.74) is 3.36. The molecule has 3 aromatic carbocycles. The van der Waals surface area contributed by atoms with Gasteiger partial charge in [0.2, 0.25) is 0 Å². The van der Waals surface area contributed by atoms with E-state index in [9.17, 15) is 10.1 Å². The van der Waals surface area contributed by atoms with Crippen LogP contribution in [0.5, 0.6) is 17.2 Å². The van der Waals surface area contributed by atoms with Crippen LogP contribution in [-0.2, 0) is 11.4 Å². The fraction of sp³-hybridized carbons (Fsp3) is 0.214. The van der Waals surface area contributed by atoms with Crippen molar-refractivity contribution in [1.29, 1.82) is 5.26 Å². The normalized spacial score (nSPS) is 10.9. The summed E-state index contributed by atoms with van der Waals surface area (Å²) in [7, 11) is 0. The van der Waals surface area contributed by atoms with E-state index in [1.54, 1.807) is 36.4 Å². The number of carbonyl (C=O) groups is 1. The number of hydrogen-bond donors (Lipinski definition) is 1. The highest BCUT2D eigenvalue weighted by atomic mass is 79.9. The number of nitrogens with zero attached hydrogens (tertiary/aromatic N) is 1. The average molecular weight is 535 g/mol. The fourth-order valence-corrected chi connectivity index (χ4v) is 3.63. The number of nitrogens with one attached hydrogen (secondary N) is 1. The minimum Gasteiger partial charge on any atom is -0.494 e. The zero-order chi connectivity index (χ0) is 25.2. The van der Waals surface area contributed by atoms with E-state index in [-0.39, 0.29) is 5.57 Å². The van der Waals surface area contributed by atoms with E-state index in [0.717, 1.165) is 5.56 Å². The summed E-state index contributed by atoms with van der Waals surface area (Å²) in [6, 6.07) is 20.6. The van der Waals surface area contributed by atoms with Crippen molar-refractivity contribution in [3.8, 4) is 23.3 Å². The topological polar surface area (TPSA) is 80.6 Å². The lowest BCUT2D eigenvalue weighted by Crippen LogP contribution is -2.13. The summed E-state index contributed by atoms with van der Waals surface area (Å²) < 4.78 is 17.9. The zero-order valence-electron chi connectivity index (χ0n) is 19.9. The van der Waals surface area contributed by atoms with E-state index in [1.165, 1.54) is 11.6 Å². The number of halogens is 1. The van der Waals surface area contributed by atoms with E-state index in [0.29, 0.717) is 52.8 Å². The SMILES string of the molecule is CCOc1ccc(NC(=O)/C(C#N)=C/c2cc(OCC)c(OCc3ccc(C)cc3)cc2Br)cc1. The largest absolute Gasteiger partial charge is 0.494 e. The molecule has 0 bridgehead atoms. The third-order valence-corrected chi connectivity index (χ3v) is 5.65. The number of rotatable bonds is 10. The minimum absolute atomic E-state index is 0.0460. The highest BCUT2D eigenvalue weighted by molar-refractivity contribution is 9.10. The lowest BCUT2D eigenvalue weighted by Gasteiger charge is -2.14. The number of hydrogen-bond acceptors (Lipinski definition) is 5. The molecule has 0 heterocycles. The van der Waals surface area contributed by atoms with Crippen LogP contribution in [0.15, 0.2) is 70.7 Å². The van der Waals surface area contributed by atoms with Gasteiger partial charge in [0, 0.05) is 10.2 Å². The van der Waals surface area contributed by atoms with Gasteiger partial charge in [-0.1, -0.05) is 45.8 Å². The lowest BCUT2D eigenvalue weighted by atomic mass is 10.1. The maximum Gasteiger partial charge on any atom is 0.266 e. The average Bonchev–Trinajstić information content (AvgIpc) is 2.85. The van der Waals surface area contributed by atoms with Gasteiger partial charge >= 0.3 is 0 Å². The van der Waals surface area contributed by atoms with Gasteiger partial charge in [0.15, 0.2) is 11.5 Å². The molecule has 1 N–H and O–H groups in total. The molecule has 0 saturated carbocycles. The lowest BCUT2D eigenvalue weighted by molar-refractivity contribution is -0.112. The first kappa shape index (κ1) is 25.9. The van der Waals surface area contributed by atoms with Crippen LogP contribution in [0.2, 0.25) is 0 Å². The van der Waals surface area contributed by atoms with E-state index < -0.39 is 5.91 Å². The fourth-order valence-electron chi connectivity index (χ4n) is 3.19. The van der Waals surface area contributed by atoms with Crippen molar-refractivity contribution in [3.63, 3.8) is 0 Å². The Kier molecular flexibility index (Phi) is 9.33. The summed E-state index contributed by atoms with van der Waals surface area (Å²) >= 11 is 3.53. The standard InChI is InChI=1S/C28H27BrN2O4/c1-4-33-24-12-10-23(11-13-24)31-28(32)22(17-30)14-21-15-26(34-5-2)27(16-25(21)29)35-18-20-8-6-19(3)7-9-20/h6-16H,4-5,18H2,1-3H3,(H,31,32)/b22-14+. The van der Waals surface area contributed by atoms with Crippen LogP contribution in [0.1, 0.15) is 30.5 Å². The Morgan fingerprint density at radius 1 is 0.971 bits per heavy atom. The van der Waals surface area contributed by atoms with Crippen molar-refractivity contribution < 1.29 is 19.0 Å². The van der Waals surface area contributed by atoms with E-state index >= 15 is 0 Å². The third kappa shape index (κ3) is 7.36. The first-order chi connectivity index (χ1) is 16.9. The van der Waals surface area contributed by atoms with Crippen LogP contribution in [-0.4, -0.2) is 19.1 Å². The zero-order valence-corrected chi connectivity index (χ0v) is 21.5. The van der Waals surface area contributed by atoms with Gasteiger partial charge in [0.05, 0.1) is 13.2 Å². The van der Waals surface area contributed by atoms with Crippen LogP contribution in [0.3, 0.4) is 0 Å². The predicted molar refractivity (Wildman–Crippen MR) is 141 cm³/mol. The maximum absolute atomic E-state index is 12.7. The molecule has 0 aromatic heterocycles. The van der Waals surface area contributed by atoms with Gasteiger partial charge < -0.3 is 19.5 Å². The molecule has 3 aromatic rings. The first-order valence-corrected chi connectivity index (χ1v) is 12.0. The van der Waals surface area contributed by atoms with Gasteiger partial charge in [-0.2, -0.15) is 5.26 Å². The van der Waals surface area contributed by atoms with E-state index in [4.69, 9.17) is 14.2 Å². The number of amides is 1. The predicted octanol–water partition coefficient (Wildman–Crippen LogP) is 6.68. The van der Waals surface area contributed by atoms with Gasteiger partial charge in [-0.25, -0.2) is 0 Å². The molecule has 0 aliphatic rings. The van der Waals surface area contributed by atoms with Crippen LogP contribution in [0, 0.1) is 18.3 Å². The smallest absolute Gasteiger partial charge is 0.266 e. The molecule has 0 atom stereocenters. The molecular formula is C28H27BrN2O4. The molecule has 35 heavy (non-hydrogen) atoms. The molecular weight excluding hydrogens is 508 g/mol. The number of benzene rings is 3. The summed E-state index contributed by atoms with van der Waals surface area (Å²) in [5.74, 6) is 1.28. The van der Waals surface area contributed by atoms with E-state index in [1.807, 2.05) is 51.1 Å². The van der Waals surface area contributed by atoms with Crippen molar-refractivity contribution in [2.45, 2.75) is 27.4 Å². The maximum atomic E-state index is 12.7. The Morgan fingerprint density at radius 3 is 2.26 bits per heavy atom. The summed E-state index contributed by atoms with van der Waals surface area (Å²) in [4.78, 5) is 12.7. The Labute approximate surface area is 214 Å². The van der Waals surface area contributed by atoms with Crippen LogP contribution >= 0.6 is 15.9 Å². The van der Waals surface area contributed by atoms with Gasteiger partial charge in [0.1, 0.15) is 24.0 Å². The molecule has 1 amide bonds. The Hall–Kier alpha value is -3.76. The monoisotopic (exact) mass is 534 g/mol. The molecule has 0 aliphatic carbocycles. The van der Waals surface area contributed by atoms with Gasteiger partial charge in [-0.15, -0.1) is 0 Å². The van der Waals surface area contributed by atoms with Crippen molar-refractivity contribution in [2.24, 2.45) is 0 Å². The second-order valence-electron chi connectivity index (χ2n) is 7.61. The molecule has 3 rings (SSSR count). The van der Waals surface area contributed by atoms with Crippen LogP contribution < -0.4 is 19.5 Å². The van der Waals surface area contributed by atoms with Gasteiger partial charge in [-0.3, -0.25) is 4.79 Å². The third-order valence-electron chi connectivity index (χ3n) is 4.97. The highest BCUT2D eigenvalue weighted by Gasteiger charge is 2.14.